The van der Waals surface area contributed by atoms with Crippen molar-refractivity contribution in [3.8, 4) is 0 Å². The molecule has 2 atom stereocenters. The third-order valence-electron chi connectivity index (χ3n) is 5.28. The summed E-state index contributed by atoms with van der Waals surface area (Å²) < 4.78 is 0. The smallest absolute Gasteiger partial charge is 0.261 e. The van der Waals surface area contributed by atoms with Gasteiger partial charge in [-0.05, 0) is 36.1 Å². The van der Waals surface area contributed by atoms with Crippen LogP contribution in [0.2, 0.25) is 10.0 Å². The number of hydrogen-bond acceptors (Lipinski definition) is 4. The number of amides is 1. The lowest BCUT2D eigenvalue weighted by Gasteiger charge is -2.25. The molecule has 1 fully saturated rings. The molecule has 2 aromatic rings. The Kier molecular flexibility index (Phi) is 4.06. The first-order valence-electron chi connectivity index (χ1n) is 8.34. The molecule has 1 saturated carbocycles. The molecule has 0 aromatic heterocycles. The van der Waals surface area contributed by atoms with E-state index in [1.165, 1.54) is 6.07 Å². The first-order chi connectivity index (χ1) is 12.2. The van der Waals surface area contributed by atoms with Gasteiger partial charge in [0, 0.05) is 22.5 Å². The molecule has 136 valence electrons. The monoisotopic (exact) mass is 392 g/mol. The van der Waals surface area contributed by atoms with Crippen LogP contribution in [0.3, 0.4) is 0 Å². The highest BCUT2D eigenvalue weighted by atomic mass is 35.5. The Balaban J connectivity index is 1.63. The lowest BCUT2D eigenvalue weighted by atomic mass is 9.87. The molecule has 2 aromatic carbocycles. The Labute approximate surface area is 160 Å². The number of aliphatic hydroxyl groups is 2. The molecule has 0 saturated heterocycles. The third kappa shape index (κ3) is 2.71. The van der Waals surface area contributed by atoms with Gasteiger partial charge in [0.15, 0.2) is 5.60 Å². The number of fused-ring (bicyclic) bond motifs is 1. The van der Waals surface area contributed by atoms with Gasteiger partial charge in [0.2, 0.25) is 0 Å². The van der Waals surface area contributed by atoms with Gasteiger partial charge in [0.05, 0.1) is 16.8 Å². The number of carbonyl (C=O) groups is 1. The van der Waals surface area contributed by atoms with Crippen LogP contribution in [-0.4, -0.2) is 16.1 Å². The van der Waals surface area contributed by atoms with Crippen LogP contribution in [0.4, 0.5) is 5.69 Å². The van der Waals surface area contributed by atoms with Crippen molar-refractivity contribution in [1.29, 1.82) is 0 Å². The Morgan fingerprint density at radius 2 is 1.73 bits per heavy atom. The van der Waals surface area contributed by atoms with Crippen molar-refractivity contribution in [1.82, 2.24) is 0 Å². The number of anilines is 1. The molecule has 1 amide bonds. The Bertz CT molecular complexity index is 896. The van der Waals surface area contributed by atoms with E-state index in [1.54, 1.807) is 18.2 Å². The first-order valence-corrected chi connectivity index (χ1v) is 9.10. The average molecular weight is 393 g/mol. The summed E-state index contributed by atoms with van der Waals surface area (Å²) in [6.45, 7) is 0. The van der Waals surface area contributed by atoms with Gasteiger partial charge < -0.3 is 21.3 Å². The number of benzene rings is 2. The molecule has 2 aliphatic rings. The summed E-state index contributed by atoms with van der Waals surface area (Å²) in [5.74, 6) is -0.655. The molecule has 5 nitrogen and oxygen atoms in total. The highest BCUT2D eigenvalue weighted by Crippen LogP contribution is 2.48. The van der Waals surface area contributed by atoms with Crippen LogP contribution in [0.1, 0.15) is 42.1 Å². The fraction of sp³-hybridized carbons (Fsp3) is 0.316. The summed E-state index contributed by atoms with van der Waals surface area (Å²) in [6.07, 6.45) is 0.600. The summed E-state index contributed by atoms with van der Waals surface area (Å²) >= 11 is 12.3. The molecule has 7 heteroatoms. The van der Waals surface area contributed by atoms with Crippen molar-refractivity contribution >= 4 is 34.8 Å². The number of rotatable bonds is 4. The number of carbonyl (C=O) groups excluding carboxylic acids is 1. The van der Waals surface area contributed by atoms with Crippen LogP contribution >= 0.6 is 23.2 Å². The van der Waals surface area contributed by atoms with E-state index < -0.39 is 17.6 Å². The van der Waals surface area contributed by atoms with E-state index in [-0.39, 0.29) is 33.3 Å². The molecule has 0 radical (unpaired) electrons. The van der Waals surface area contributed by atoms with E-state index in [0.717, 1.165) is 18.4 Å². The second kappa shape index (κ2) is 5.94. The van der Waals surface area contributed by atoms with Crippen molar-refractivity contribution in [2.45, 2.75) is 36.5 Å². The summed E-state index contributed by atoms with van der Waals surface area (Å²) in [7, 11) is 0. The van der Waals surface area contributed by atoms with Crippen LogP contribution in [0.15, 0.2) is 36.4 Å². The van der Waals surface area contributed by atoms with Crippen LogP contribution in [-0.2, 0) is 15.9 Å². The molecule has 26 heavy (non-hydrogen) atoms. The second-order valence-electron chi connectivity index (χ2n) is 7.09. The zero-order valence-electron chi connectivity index (χ0n) is 13.8. The number of hydrogen-bond donors (Lipinski definition) is 4. The van der Waals surface area contributed by atoms with E-state index in [2.05, 4.69) is 5.32 Å². The molecule has 5 N–H and O–H groups in total. The van der Waals surface area contributed by atoms with Crippen LogP contribution in [0.5, 0.6) is 0 Å². The minimum absolute atomic E-state index is 0.200. The summed E-state index contributed by atoms with van der Waals surface area (Å²) in [5, 5.41) is 24.7. The predicted octanol–water partition coefficient (Wildman–Crippen LogP) is 3.20. The quantitative estimate of drug-likeness (QED) is 0.642. The zero-order valence-corrected chi connectivity index (χ0v) is 15.3. The topological polar surface area (TPSA) is 95.6 Å². The van der Waals surface area contributed by atoms with Crippen molar-refractivity contribution in [3.05, 3.63) is 63.1 Å². The third-order valence-corrected chi connectivity index (χ3v) is 5.91. The Morgan fingerprint density at radius 1 is 1.12 bits per heavy atom. The second-order valence-corrected chi connectivity index (χ2v) is 7.91. The minimum Gasteiger partial charge on any atom is -0.388 e. The first kappa shape index (κ1) is 17.8. The van der Waals surface area contributed by atoms with Gasteiger partial charge in [-0.2, -0.15) is 0 Å². The molecular formula is C19H18Cl2N2O3. The molecule has 0 bridgehead atoms. The van der Waals surface area contributed by atoms with Crippen molar-refractivity contribution < 1.29 is 15.0 Å². The highest BCUT2D eigenvalue weighted by Gasteiger charge is 2.49. The average Bonchev–Trinajstić information content (AvgIpc) is 3.30. The minimum atomic E-state index is -1.96. The Morgan fingerprint density at radius 3 is 2.35 bits per heavy atom. The van der Waals surface area contributed by atoms with E-state index in [1.807, 2.05) is 12.1 Å². The largest absolute Gasteiger partial charge is 0.388 e. The molecule has 1 aliphatic heterocycles. The Hall–Kier alpha value is -1.63. The fourth-order valence-corrected chi connectivity index (χ4v) is 3.98. The zero-order chi connectivity index (χ0) is 18.7. The SMILES string of the molecule is NC1(c2ccc(C(O)CC3(O)C(=O)Nc4c(Cl)ccc(Cl)c43)cc2)CC1. The number of halogens is 2. The lowest BCUT2D eigenvalue weighted by molar-refractivity contribution is -0.137. The maximum atomic E-state index is 12.4. The number of nitrogens with one attached hydrogen (secondary N) is 1. The molecule has 4 rings (SSSR count). The summed E-state index contributed by atoms with van der Waals surface area (Å²) in [4.78, 5) is 12.4. The van der Waals surface area contributed by atoms with Gasteiger partial charge in [-0.25, -0.2) is 0 Å². The number of aliphatic hydroxyl groups excluding tert-OH is 1. The van der Waals surface area contributed by atoms with Gasteiger partial charge in [0.25, 0.3) is 5.91 Å². The molecule has 1 aliphatic carbocycles. The van der Waals surface area contributed by atoms with Crippen molar-refractivity contribution in [2.24, 2.45) is 5.73 Å². The summed E-state index contributed by atoms with van der Waals surface area (Å²) in [6, 6.07) is 10.4. The van der Waals surface area contributed by atoms with Crippen LogP contribution in [0.25, 0.3) is 0 Å². The molecule has 1 heterocycles. The van der Waals surface area contributed by atoms with Gasteiger partial charge >= 0.3 is 0 Å². The molecule has 2 unspecified atom stereocenters. The van der Waals surface area contributed by atoms with Crippen LogP contribution < -0.4 is 11.1 Å². The van der Waals surface area contributed by atoms with Gasteiger partial charge in [-0.3, -0.25) is 4.79 Å². The predicted molar refractivity (Wildman–Crippen MR) is 100 cm³/mol. The van der Waals surface area contributed by atoms with Gasteiger partial charge in [-0.15, -0.1) is 0 Å². The van der Waals surface area contributed by atoms with E-state index in [4.69, 9.17) is 28.9 Å². The fourth-order valence-electron chi connectivity index (χ4n) is 3.46. The van der Waals surface area contributed by atoms with Gasteiger partial charge in [0.1, 0.15) is 0 Å². The van der Waals surface area contributed by atoms with Crippen molar-refractivity contribution in [3.63, 3.8) is 0 Å². The maximum absolute atomic E-state index is 12.4. The summed E-state index contributed by atoms with van der Waals surface area (Å²) in [5.41, 5.74) is 6.05. The van der Waals surface area contributed by atoms with Crippen molar-refractivity contribution in [2.75, 3.05) is 5.32 Å². The standard InChI is InChI=1S/C19H18Cl2N2O3/c20-12-5-6-13(21)16-15(12)19(26,17(25)23-16)9-14(24)10-1-3-11(4-2-10)18(22)7-8-18/h1-6,14,24,26H,7-9,22H2,(H,23,25). The van der Waals surface area contributed by atoms with Crippen LogP contribution in [0, 0.1) is 0 Å². The van der Waals surface area contributed by atoms with E-state index in [9.17, 15) is 15.0 Å². The number of nitrogens with two attached hydrogens (primary N) is 1. The highest BCUT2D eigenvalue weighted by molar-refractivity contribution is 6.38. The van der Waals surface area contributed by atoms with Gasteiger partial charge in [-0.1, -0.05) is 47.5 Å². The molecular weight excluding hydrogens is 375 g/mol. The van der Waals surface area contributed by atoms with E-state index in [0.29, 0.717) is 5.56 Å². The lowest BCUT2D eigenvalue weighted by Crippen LogP contribution is -2.36. The molecule has 0 spiro atoms. The van der Waals surface area contributed by atoms with E-state index >= 15 is 0 Å². The normalized spacial score (nSPS) is 24.1. The maximum Gasteiger partial charge on any atom is 0.261 e.